The van der Waals surface area contributed by atoms with Crippen molar-refractivity contribution in [2.45, 2.75) is 25.9 Å². The van der Waals surface area contributed by atoms with E-state index in [0.717, 1.165) is 27.7 Å². The second-order valence-electron chi connectivity index (χ2n) is 6.01. The van der Waals surface area contributed by atoms with Gasteiger partial charge in [-0.05, 0) is 6.07 Å². The van der Waals surface area contributed by atoms with Crippen LogP contribution in [0, 0.1) is 0 Å². The van der Waals surface area contributed by atoms with Crippen LogP contribution in [0.15, 0.2) is 18.5 Å². The summed E-state index contributed by atoms with van der Waals surface area (Å²) in [6, 6.07) is 1.69. The topological polar surface area (TPSA) is 88.7 Å². The van der Waals surface area contributed by atoms with E-state index in [1.54, 1.807) is 12.3 Å². The van der Waals surface area contributed by atoms with Crippen molar-refractivity contribution >= 4 is 45.7 Å². The smallest absolute Gasteiger partial charge is 0.217 e. The zero-order valence-electron chi connectivity index (χ0n) is 12.9. The normalized spacial score (nSPS) is 16.5. The lowest BCUT2D eigenvalue weighted by Gasteiger charge is -2.12. The number of carbonyl (C=O) groups is 1. The van der Waals surface area contributed by atoms with E-state index in [4.69, 9.17) is 28.9 Å². The number of benzene rings is 1. The van der Waals surface area contributed by atoms with E-state index in [-0.39, 0.29) is 11.9 Å². The maximum absolute atomic E-state index is 11.4. The molecule has 1 atom stereocenters. The van der Waals surface area contributed by atoms with E-state index in [1.807, 2.05) is 6.20 Å². The quantitative estimate of drug-likeness (QED) is 0.611. The fourth-order valence-electron chi connectivity index (χ4n) is 3.58. The van der Waals surface area contributed by atoms with E-state index in [0.29, 0.717) is 28.7 Å². The Labute approximate surface area is 147 Å². The fraction of sp³-hybridized carbons (Fsp3) is 0.250. The number of H-pyrrole nitrogens is 1. The van der Waals surface area contributed by atoms with Crippen molar-refractivity contribution in [3.8, 4) is 11.1 Å². The number of nitrogen functional groups attached to an aromatic ring is 1. The van der Waals surface area contributed by atoms with Crippen molar-refractivity contribution in [2.24, 2.45) is 0 Å². The van der Waals surface area contributed by atoms with Gasteiger partial charge in [-0.3, -0.25) is 9.89 Å². The Balaban J connectivity index is 2.01. The van der Waals surface area contributed by atoms with Crippen LogP contribution in [0.5, 0.6) is 0 Å². The number of amides is 1. The number of nitrogens with zero attached hydrogens (tertiary/aromatic N) is 2. The van der Waals surface area contributed by atoms with Gasteiger partial charge >= 0.3 is 0 Å². The largest absolute Gasteiger partial charge is 0.398 e. The molecule has 0 aliphatic carbocycles. The Kier molecular flexibility index (Phi) is 3.47. The molecule has 0 spiro atoms. The molecule has 4 rings (SSSR count). The molecule has 3 heterocycles. The highest BCUT2D eigenvalue weighted by atomic mass is 35.5. The Morgan fingerprint density at radius 3 is 2.96 bits per heavy atom. The van der Waals surface area contributed by atoms with Gasteiger partial charge in [-0.2, -0.15) is 5.10 Å². The second kappa shape index (κ2) is 5.43. The minimum absolute atomic E-state index is 0.0174. The summed E-state index contributed by atoms with van der Waals surface area (Å²) >= 11 is 12.7. The van der Waals surface area contributed by atoms with Crippen LogP contribution in [-0.2, 0) is 17.8 Å². The zero-order chi connectivity index (χ0) is 17.0. The van der Waals surface area contributed by atoms with Gasteiger partial charge in [0.2, 0.25) is 5.91 Å². The number of nitrogens with two attached hydrogens (primary N) is 1. The van der Waals surface area contributed by atoms with Crippen LogP contribution in [0.3, 0.4) is 0 Å². The average molecular weight is 364 g/mol. The third-order valence-corrected chi connectivity index (χ3v) is 5.17. The molecule has 0 unspecified atom stereocenters. The van der Waals surface area contributed by atoms with Gasteiger partial charge in [-0.15, -0.1) is 0 Å². The maximum atomic E-state index is 11.4. The summed E-state index contributed by atoms with van der Waals surface area (Å²) in [4.78, 5) is 11.4. The minimum Gasteiger partial charge on any atom is -0.398 e. The Morgan fingerprint density at radius 1 is 1.50 bits per heavy atom. The zero-order valence-corrected chi connectivity index (χ0v) is 14.4. The van der Waals surface area contributed by atoms with Crippen molar-refractivity contribution in [1.82, 2.24) is 20.1 Å². The number of aromatic nitrogens is 3. The summed E-state index contributed by atoms with van der Waals surface area (Å²) in [5.41, 5.74) is 10.6. The molecule has 0 radical (unpaired) electrons. The fourth-order valence-corrected chi connectivity index (χ4v) is 4.03. The minimum atomic E-state index is -0.0523. The molecule has 1 aliphatic heterocycles. The molecule has 6 nitrogen and oxygen atoms in total. The first kappa shape index (κ1) is 15.4. The summed E-state index contributed by atoms with van der Waals surface area (Å²) < 4.78 is 2.10. The highest BCUT2D eigenvalue weighted by Crippen LogP contribution is 2.45. The van der Waals surface area contributed by atoms with Crippen molar-refractivity contribution in [3.63, 3.8) is 0 Å². The van der Waals surface area contributed by atoms with Crippen molar-refractivity contribution in [3.05, 3.63) is 34.2 Å². The second-order valence-corrected chi connectivity index (χ2v) is 6.79. The van der Waals surface area contributed by atoms with Crippen molar-refractivity contribution in [1.29, 1.82) is 0 Å². The van der Waals surface area contributed by atoms with Crippen LogP contribution < -0.4 is 11.1 Å². The predicted octanol–water partition coefficient (Wildman–Crippen LogP) is 2.98. The Morgan fingerprint density at radius 2 is 2.29 bits per heavy atom. The predicted molar refractivity (Wildman–Crippen MR) is 95.3 cm³/mol. The molecule has 4 N–H and O–H groups in total. The van der Waals surface area contributed by atoms with E-state index in [2.05, 4.69) is 20.1 Å². The molecule has 1 amide bonds. The van der Waals surface area contributed by atoms with Crippen LogP contribution in [0.1, 0.15) is 12.6 Å². The molecule has 0 saturated carbocycles. The first-order valence-corrected chi connectivity index (χ1v) is 8.27. The summed E-state index contributed by atoms with van der Waals surface area (Å²) in [7, 11) is 0. The number of fused-ring (bicyclic) bond motifs is 3. The van der Waals surface area contributed by atoms with Crippen molar-refractivity contribution in [2.75, 3.05) is 5.73 Å². The lowest BCUT2D eigenvalue weighted by atomic mass is 10.0. The van der Waals surface area contributed by atoms with E-state index < -0.39 is 0 Å². The number of nitrogens with one attached hydrogen (secondary N) is 2. The molecule has 2 aromatic heterocycles. The standard InChI is InChI=1S/C16H15Cl2N5O/c1-7(24)22-9-2-12-13(8-4-20-21-5-8)14-11(19)3-10(17)15(18)16(14)23(12)6-9/h3-5,9H,2,6,19H2,1H3,(H,20,21)(H,22,24)/t9-/m0/s1. The molecule has 0 bridgehead atoms. The van der Waals surface area contributed by atoms with Gasteiger partial charge in [0.25, 0.3) is 0 Å². The van der Waals surface area contributed by atoms with Crippen LogP contribution >= 0.6 is 23.2 Å². The van der Waals surface area contributed by atoms with Gasteiger partial charge in [-0.25, -0.2) is 0 Å². The Bertz CT molecular complexity index is 961. The van der Waals surface area contributed by atoms with Crippen LogP contribution in [0.2, 0.25) is 10.0 Å². The SMILES string of the molecule is CC(=O)N[C@H]1Cc2c(-c3cn[nH]c3)c3c(N)cc(Cl)c(Cl)c3n2C1. The number of hydrogen-bond donors (Lipinski definition) is 3. The summed E-state index contributed by atoms with van der Waals surface area (Å²) in [5, 5.41) is 11.6. The lowest BCUT2D eigenvalue weighted by molar-refractivity contribution is -0.119. The lowest BCUT2D eigenvalue weighted by Crippen LogP contribution is -2.34. The number of anilines is 1. The van der Waals surface area contributed by atoms with E-state index in [9.17, 15) is 4.79 Å². The highest BCUT2D eigenvalue weighted by Gasteiger charge is 2.31. The van der Waals surface area contributed by atoms with Crippen LogP contribution in [-0.4, -0.2) is 26.7 Å². The molecule has 8 heteroatoms. The Hall–Kier alpha value is -2.18. The first-order chi connectivity index (χ1) is 11.5. The summed E-state index contributed by atoms with van der Waals surface area (Å²) in [6.07, 6.45) is 4.27. The van der Waals surface area contributed by atoms with Crippen LogP contribution in [0.25, 0.3) is 22.0 Å². The molecule has 0 saturated heterocycles. The monoisotopic (exact) mass is 363 g/mol. The summed E-state index contributed by atoms with van der Waals surface area (Å²) in [6.45, 7) is 2.15. The van der Waals surface area contributed by atoms with Gasteiger partial charge in [0.05, 0.1) is 27.8 Å². The number of aromatic amines is 1. The molecule has 24 heavy (non-hydrogen) atoms. The molecule has 1 aromatic carbocycles. The molecular formula is C16H15Cl2N5O. The van der Waals surface area contributed by atoms with Gasteiger partial charge < -0.3 is 15.6 Å². The number of hydrogen-bond acceptors (Lipinski definition) is 3. The van der Waals surface area contributed by atoms with Gasteiger partial charge in [-0.1, -0.05) is 23.2 Å². The maximum Gasteiger partial charge on any atom is 0.217 e. The van der Waals surface area contributed by atoms with Gasteiger partial charge in [0.15, 0.2) is 0 Å². The number of rotatable bonds is 2. The molecule has 124 valence electrons. The first-order valence-electron chi connectivity index (χ1n) is 7.52. The molecule has 3 aromatic rings. The van der Waals surface area contributed by atoms with Crippen LogP contribution in [0.4, 0.5) is 5.69 Å². The average Bonchev–Trinajstić information content (AvgIpc) is 3.18. The third-order valence-electron chi connectivity index (χ3n) is 4.40. The van der Waals surface area contributed by atoms with E-state index >= 15 is 0 Å². The van der Waals surface area contributed by atoms with Gasteiger partial charge in [0, 0.05) is 54.0 Å². The van der Waals surface area contributed by atoms with Crippen molar-refractivity contribution < 1.29 is 4.79 Å². The number of carbonyl (C=O) groups excluding carboxylic acids is 1. The highest BCUT2D eigenvalue weighted by molar-refractivity contribution is 6.46. The number of halogens is 2. The third kappa shape index (κ3) is 2.17. The molecule has 0 fully saturated rings. The molecule has 1 aliphatic rings. The van der Waals surface area contributed by atoms with Gasteiger partial charge in [0.1, 0.15) is 0 Å². The van der Waals surface area contributed by atoms with E-state index in [1.165, 1.54) is 6.92 Å². The molecular weight excluding hydrogens is 349 g/mol. The summed E-state index contributed by atoms with van der Waals surface area (Å²) in [5.74, 6) is -0.0523.